The monoisotopic (exact) mass is 446 g/mol. The van der Waals surface area contributed by atoms with Gasteiger partial charge in [0.25, 0.3) is 11.7 Å². The van der Waals surface area contributed by atoms with E-state index in [-0.39, 0.29) is 17.0 Å². The van der Waals surface area contributed by atoms with Crippen molar-refractivity contribution in [1.82, 2.24) is 4.98 Å². The number of hydrogen-bond acceptors (Lipinski definition) is 4. The number of aryl methyl sites for hydroxylation is 2. The number of aliphatic hydroxyl groups excluding tert-OH is 1. The zero-order valence-electron chi connectivity index (χ0n) is 17.6. The number of aliphatic hydroxyl groups is 1. The number of ketones is 1. The molecule has 1 unspecified atom stereocenters. The molecule has 1 aliphatic carbocycles. The molecule has 1 atom stereocenters. The molecule has 5 rings (SSSR count). The van der Waals surface area contributed by atoms with Crippen LogP contribution in [-0.4, -0.2) is 21.8 Å². The molecule has 0 radical (unpaired) electrons. The maximum atomic E-state index is 14.7. The third-order valence-electron chi connectivity index (χ3n) is 6.23. The number of carbonyl (C=O) groups is 2. The molecular formula is C26H20F2N2O3. The quantitative estimate of drug-likeness (QED) is 0.354. The Hall–Kier alpha value is -3.87. The molecule has 5 nitrogen and oxygen atoms in total. The molecule has 0 bridgehead atoms. The Labute approximate surface area is 189 Å². The third-order valence-corrected chi connectivity index (χ3v) is 6.23. The minimum Gasteiger partial charge on any atom is -0.507 e. The molecule has 166 valence electrons. The van der Waals surface area contributed by atoms with Crippen molar-refractivity contribution in [2.45, 2.75) is 31.7 Å². The van der Waals surface area contributed by atoms with Gasteiger partial charge >= 0.3 is 0 Å². The zero-order valence-corrected chi connectivity index (χ0v) is 17.6. The van der Waals surface area contributed by atoms with E-state index in [0.717, 1.165) is 54.3 Å². The van der Waals surface area contributed by atoms with Gasteiger partial charge in [-0.1, -0.05) is 18.2 Å². The van der Waals surface area contributed by atoms with Gasteiger partial charge in [0.15, 0.2) is 0 Å². The number of aromatic nitrogens is 1. The van der Waals surface area contributed by atoms with E-state index in [1.165, 1.54) is 18.0 Å². The Balaban J connectivity index is 1.71. The molecule has 1 amide bonds. The number of nitrogens with zero attached hydrogens (tertiary/aromatic N) is 2. The number of fused-ring (bicyclic) bond motifs is 1. The summed E-state index contributed by atoms with van der Waals surface area (Å²) in [4.78, 5) is 31.1. The Morgan fingerprint density at radius 2 is 1.79 bits per heavy atom. The van der Waals surface area contributed by atoms with Crippen molar-refractivity contribution in [2.75, 3.05) is 4.90 Å². The minimum absolute atomic E-state index is 0.188. The molecule has 0 spiro atoms. The lowest BCUT2D eigenvalue weighted by atomic mass is 9.89. The average Bonchev–Trinajstić information content (AvgIpc) is 3.10. The minimum atomic E-state index is -1.16. The first kappa shape index (κ1) is 21.0. The number of pyridine rings is 1. The van der Waals surface area contributed by atoms with Gasteiger partial charge < -0.3 is 5.11 Å². The molecule has 2 heterocycles. The van der Waals surface area contributed by atoms with Gasteiger partial charge in [0.2, 0.25) is 0 Å². The summed E-state index contributed by atoms with van der Waals surface area (Å²) < 4.78 is 28.7. The molecule has 33 heavy (non-hydrogen) atoms. The maximum absolute atomic E-state index is 14.7. The van der Waals surface area contributed by atoms with Crippen molar-refractivity contribution in [3.05, 3.63) is 100 Å². The molecule has 2 aromatic carbocycles. The van der Waals surface area contributed by atoms with Crippen molar-refractivity contribution in [2.24, 2.45) is 0 Å². The molecule has 0 saturated carbocycles. The number of amides is 1. The van der Waals surface area contributed by atoms with Gasteiger partial charge in [-0.2, -0.15) is 0 Å². The van der Waals surface area contributed by atoms with Crippen molar-refractivity contribution in [1.29, 1.82) is 0 Å². The highest BCUT2D eigenvalue weighted by atomic mass is 19.1. The summed E-state index contributed by atoms with van der Waals surface area (Å²) in [5.74, 6) is -3.99. The normalized spacial score (nSPS) is 19.6. The standard InChI is InChI=1S/C26H20F2N2O3/c27-19-9-10-20(28)21(13-19)30-23(18-6-3-11-29-14-18)22(25(32)26(30)33)24(31)17-8-7-15-4-1-2-5-16(15)12-17/h3,6-14,23,31H,1-2,4-5H2/b24-22-. The highest BCUT2D eigenvalue weighted by molar-refractivity contribution is 6.51. The van der Waals surface area contributed by atoms with Crippen LogP contribution >= 0.6 is 0 Å². The number of carbonyl (C=O) groups excluding carboxylic acids is 2. The third kappa shape index (κ3) is 3.59. The van der Waals surface area contributed by atoms with Crippen LogP contribution in [0.25, 0.3) is 5.76 Å². The van der Waals surface area contributed by atoms with E-state index in [1.54, 1.807) is 18.2 Å². The smallest absolute Gasteiger partial charge is 0.300 e. The zero-order chi connectivity index (χ0) is 23.1. The first-order valence-electron chi connectivity index (χ1n) is 10.7. The van der Waals surface area contributed by atoms with E-state index in [0.29, 0.717) is 11.1 Å². The lowest BCUT2D eigenvalue weighted by Crippen LogP contribution is -2.30. The fourth-order valence-corrected chi connectivity index (χ4v) is 4.64. The first-order chi connectivity index (χ1) is 16.0. The second-order valence-corrected chi connectivity index (χ2v) is 8.24. The van der Waals surface area contributed by atoms with Gasteiger partial charge in [-0.25, -0.2) is 8.78 Å². The summed E-state index contributed by atoms with van der Waals surface area (Å²) in [6.45, 7) is 0. The molecule has 1 saturated heterocycles. The summed E-state index contributed by atoms with van der Waals surface area (Å²) in [7, 11) is 0. The van der Waals surface area contributed by atoms with E-state index in [2.05, 4.69) is 4.98 Å². The van der Waals surface area contributed by atoms with Crippen molar-refractivity contribution >= 4 is 23.1 Å². The highest BCUT2D eigenvalue weighted by Gasteiger charge is 2.48. The Morgan fingerprint density at radius 3 is 2.55 bits per heavy atom. The summed E-state index contributed by atoms with van der Waals surface area (Å²) in [6.07, 6.45) is 6.91. The van der Waals surface area contributed by atoms with Crippen LogP contribution in [0.1, 0.15) is 41.1 Å². The van der Waals surface area contributed by atoms with Gasteiger partial charge in [0.1, 0.15) is 17.4 Å². The molecule has 1 aromatic heterocycles. The number of benzene rings is 2. The van der Waals surface area contributed by atoms with Gasteiger partial charge in [-0.05, 0) is 66.6 Å². The summed E-state index contributed by atoms with van der Waals surface area (Å²) in [5, 5.41) is 11.2. The number of rotatable bonds is 3. The molecule has 1 N–H and O–H groups in total. The number of anilines is 1. The summed E-state index contributed by atoms with van der Waals surface area (Å²) >= 11 is 0. The maximum Gasteiger partial charge on any atom is 0.300 e. The van der Waals surface area contributed by atoms with Gasteiger partial charge in [-0.15, -0.1) is 0 Å². The number of hydrogen-bond donors (Lipinski definition) is 1. The van der Waals surface area contributed by atoms with Crippen LogP contribution < -0.4 is 4.90 Å². The first-order valence-corrected chi connectivity index (χ1v) is 10.7. The van der Waals surface area contributed by atoms with E-state index in [9.17, 15) is 23.5 Å². The highest BCUT2D eigenvalue weighted by Crippen LogP contribution is 2.43. The predicted molar refractivity (Wildman–Crippen MR) is 118 cm³/mol. The molecular weight excluding hydrogens is 426 g/mol. The molecule has 2 aliphatic rings. The lowest BCUT2D eigenvalue weighted by Gasteiger charge is -2.25. The second-order valence-electron chi connectivity index (χ2n) is 8.24. The van der Waals surface area contributed by atoms with Crippen LogP contribution in [0.15, 0.2) is 66.5 Å². The second kappa shape index (κ2) is 8.24. The number of Topliss-reactive ketones (excluding diaryl/α,β-unsaturated/α-hetero) is 1. The predicted octanol–water partition coefficient (Wildman–Crippen LogP) is 4.86. The molecule has 3 aromatic rings. The van der Waals surface area contributed by atoms with Gasteiger partial charge in [0, 0.05) is 24.0 Å². The average molecular weight is 446 g/mol. The van der Waals surface area contributed by atoms with E-state index < -0.39 is 29.4 Å². The van der Waals surface area contributed by atoms with Gasteiger partial charge in [-0.3, -0.25) is 19.5 Å². The van der Waals surface area contributed by atoms with Crippen LogP contribution in [-0.2, 0) is 22.4 Å². The van der Waals surface area contributed by atoms with Crippen LogP contribution in [0.3, 0.4) is 0 Å². The molecule has 1 fully saturated rings. The van der Waals surface area contributed by atoms with Crippen molar-refractivity contribution in [3.8, 4) is 0 Å². The van der Waals surface area contributed by atoms with Crippen molar-refractivity contribution in [3.63, 3.8) is 0 Å². The van der Waals surface area contributed by atoms with E-state index >= 15 is 0 Å². The van der Waals surface area contributed by atoms with Crippen LogP contribution in [0, 0.1) is 11.6 Å². The fourth-order valence-electron chi connectivity index (χ4n) is 4.64. The van der Waals surface area contributed by atoms with Crippen LogP contribution in [0.2, 0.25) is 0 Å². The topological polar surface area (TPSA) is 70.5 Å². The Kier molecular flexibility index (Phi) is 5.24. The molecule has 1 aliphatic heterocycles. The lowest BCUT2D eigenvalue weighted by molar-refractivity contribution is -0.132. The Bertz CT molecular complexity index is 1300. The molecule has 7 heteroatoms. The van der Waals surface area contributed by atoms with Crippen LogP contribution in [0.5, 0.6) is 0 Å². The summed E-state index contributed by atoms with van der Waals surface area (Å²) in [6, 6.07) is 10.2. The van der Waals surface area contributed by atoms with Crippen LogP contribution in [0.4, 0.5) is 14.5 Å². The van der Waals surface area contributed by atoms with Crippen molar-refractivity contribution < 1.29 is 23.5 Å². The largest absolute Gasteiger partial charge is 0.507 e. The fraction of sp³-hybridized carbons (Fsp3) is 0.192. The summed E-state index contributed by atoms with van der Waals surface area (Å²) in [5.41, 5.74) is 2.52. The Morgan fingerprint density at radius 1 is 1.00 bits per heavy atom. The van der Waals surface area contributed by atoms with E-state index in [1.807, 2.05) is 12.1 Å². The SMILES string of the molecule is O=C1C(=O)N(c2cc(F)ccc2F)C(c2cccnc2)/C1=C(/O)c1ccc2c(c1)CCCC2. The van der Waals surface area contributed by atoms with Gasteiger partial charge in [0.05, 0.1) is 17.3 Å². The van der Waals surface area contributed by atoms with E-state index in [4.69, 9.17) is 0 Å². The number of halogens is 2.